The number of anilines is 1. The van der Waals surface area contributed by atoms with E-state index in [0.29, 0.717) is 48.1 Å². The van der Waals surface area contributed by atoms with Crippen molar-refractivity contribution in [3.8, 4) is 11.3 Å². The summed E-state index contributed by atoms with van der Waals surface area (Å²) in [6, 6.07) is 8.04. The average Bonchev–Trinajstić information content (AvgIpc) is 3.24. The molecule has 0 radical (unpaired) electrons. The molecular formula is C20H22FN3O3S2. The number of halogens is 1. The van der Waals surface area contributed by atoms with Gasteiger partial charge in [0.05, 0.1) is 11.3 Å². The molecule has 0 N–H and O–H groups in total. The summed E-state index contributed by atoms with van der Waals surface area (Å²) in [4.78, 5) is 4.01. The van der Waals surface area contributed by atoms with Crippen LogP contribution in [0.1, 0.15) is 15.4 Å². The molecule has 2 aromatic heterocycles. The first-order valence-corrected chi connectivity index (χ1v) is 11.6. The van der Waals surface area contributed by atoms with Gasteiger partial charge in [-0.1, -0.05) is 5.16 Å². The lowest BCUT2D eigenvalue weighted by Gasteiger charge is -2.35. The van der Waals surface area contributed by atoms with Gasteiger partial charge in [-0.05, 0) is 45.0 Å². The summed E-state index contributed by atoms with van der Waals surface area (Å²) in [6.07, 6.45) is 0. The maximum Gasteiger partial charge on any atom is 0.245 e. The van der Waals surface area contributed by atoms with Gasteiger partial charge in [-0.3, -0.25) is 0 Å². The monoisotopic (exact) mass is 435 g/mol. The van der Waals surface area contributed by atoms with E-state index in [-0.39, 0.29) is 5.82 Å². The van der Waals surface area contributed by atoms with Gasteiger partial charge in [0.15, 0.2) is 5.76 Å². The Morgan fingerprint density at radius 2 is 1.69 bits per heavy atom. The van der Waals surface area contributed by atoms with Crippen LogP contribution < -0.4 is 4.90 Å². The van der Waals surface area contributed by atoms with Gasteiger partial charge in [0, 0.05) is 47.7 Å². The number of aromatic nitrogens is 1. The zero-order chi connectivity index (χ0) is 20.8. The lowest BCUT2D eigenvalue weighted by Crippen LogP contribution is -2.48. The number of benzene rings is 1. The topological polar surface area (TPSA) is 66.7 Å². The van der Waals surface area contributed by atoms with Gasteiger partial charge in [-0.2, -0.15) is 4.31 Å². The van der Waals surface area contributed by atoms with Gasteiger partial charge < -0.3 is 9.42 Å². The van der Waals surface area contributed by atoms with Gasteiger partial charge in [0.2, 0.25) is 10.0 Å². The highest BCUT2D eigenvalue weighted by atomic mass is 32.2. The number of nitrogens with zero attached hydrogens (tertiary/aromatic N) is 3. The molecule has 0 aliphatic carbocycles. The number of aryl methyl sites for hydroxylation is 3. The molecule has 1 aliphatic heterocycles. The van der Waals surface area contributed by atoms with Crippen LogP contribution in [0, 0.1) is 26.6 Å². The normalized spacial score (nSPS) is 15.8. The summed E-state index contributed by atoms with van der Waals surface area (Å²) < 4.78 is 47.1. The second-order valence-corrected chi connectivity index (χ2v) is 10.4. The van der Waals surface area contributed by atoms with E-state index in [0.717, 1.165) is 15.4 Å². The van der Waals surface area contributed by atoms with Crippen LogP contribution in [0.3, 0.4) is 0 Å². The molecule has 0 saturated carbocycles. The lowest BCUT2D eigenvalue weighted by atomic mass is 10.2. The van der Waals surface area contributed by atoms with Crippen LogP contribution in [0.5, 0.6) is 0 Å². The van der Waals surface area contributed by atoms with E-state index in [2.05, 4.69) is 10.1 Å². The van der Waals surface area contributed by atoms with Crippen molar-refractivity contribution in [2.24, 2.45) is 0 Å². The first-order valence-electron chi connectivity index (χ1n) is 9.31. The van der Waals surface area contributed by atoms with Gasteiger partial charge in [-0.25, -0.2) is 12.8 Å². The van der Waals surface area contributed by atoms with Crippen molar-refractivity contribution < 1.29 is 17.3 Å². The number of hydrogen-bond donors (Lipinski definition) is 0. The van der Waals surface area contributed by atoms with E-state index >= 15 is 0 Å². The molecule has 29 heavy (non-hydrogen) atoms. The van der Waals surface area contributed by atoms with Gasteiger partial charge >= 0.3 is 0 Å². The van der Waals surface area contributed by atoms with Crippen LogP contribution in [-0.2, 0) is 10.0 Å². The number of sulfonamides is 1. The molecule has 4 rings (SSSR count). The number of hydrogen-bond acceptors (Lipinski definition) is 6. The zero-order valence-electron chi connectivity index (χ0n) is 16.5. The molecule has 1 fully saturated rings. The summed E-state index contributed by atoms with van der Waals surface area (Å²) >= 11 is 1.45. The molecular weight excluding hydrogens is 413 g/mol. The van der Waals surface area contributed by atoms with E-state index in [9.17, 15) is 12.8 Å². The molecule has 0 bridgehead atoms. The fraction of sp³-hybridized carbons (Fsp3) is 0.350. The van der Waals surface area contributed by atoms with Crippen molar-refractivity contribution in [3.63, 3.8) is 0 Å². The summed E-state index contributed by atoms with van der Waals surface area (Å²) in [6.45, 7) is 7.35. The van der Waals surface area contributed by atoms with Crippen LogP contribution in [0.2, 0.25) is 0 Å². The predicted molar refractivity (Wildman–Crippen MR) is 111 cm³/mol. The molecule has 0 amide bonds. The molecule has 6 nitrogen and oxygen atoms in total. The maximum atomic E-state index is 13.5. The highest BCUT2D eigenvalue weighted by molar-refractivity contribution is 7.89. The number of piperazine rings is 1. The minimum atomic E-state index is -3.68. The molecule has 1 aromatic carbocycles. The molecule has 154 valence electrons. The maximum absolute atomic E-state index is 13.5. The Morgan fingerprint density at radius 1 is 1.03 bits per heavy atom. The third-order valence-corrected chi connectivity index (χ3v) is 8.33. The second-order valence-electron chi connectivity index (χ2n) is 7.12. The van der Waals surface area contributed by atoms with E-state index in [4.69, 9.17) is 4.52 Å². The SMILES string of the molecule is Cc1cc(-c2c(C)sc(C)c2S(=O)(=O)N2CCN(c3ccc(F)cc3)CC2)on1. The van der Waals surface area contributed by atoms with Crippen LogP contribution in [0.4, 0.5) is 10.1 Å². The first kappa shape index (κ1) is 20.1. The molecule has 3 aromatic rings. The van der Waals surface area contributed by atoms with Gasteiger partial charge in [0.1, 0.15) is 10.7 Å². The summed E-state index contributed by atoms with van der Waals surface area (Å²) in [5.41, 5.74) is 2.21. The summed E-state index contributed by atoms with van der Waals surface area (Å²) in [5, 5.41) is 3.92. The third-order valence-electron chi connectivity index (χ3n) is 5.11. The van der Waals surface area contributed by atoms with E-state index in [1.54, 1.807) is 18.2 Å². The molecule has 0 spiro atoms. The summed E-state index contributed by atoms with van der Waals surface area (Å²) in [5.74, 6) is 0.196. The Bertz CT molecular complexity index is 1130. The largest absolute Gasteiger partial charge is 0.369 e. The molecule has 0 atom stereocenters. The molecule has 0 unspecified atom stereocenters. The fourth-order valence-corrected chi connectivity index (χ4v) is 6.95. The van der Waals surface area contributed by atoms with Crippen molar-refractivity contribution in [1.82, 2.24) is 9.46 Å². The number of rotatable bonds is 4. The van der Waals surface area contributed by atoms with E-state index in [1.807, 2.05) is 20.8 Å². The van der Waals surface area contributed by atoms with Gasteiger partial charge in [-0.15, -0.1) is 11.3 Å². The highest BCUT2D eigenvalue weighted by Crippen LogP contribution is 2.40. The average molecular weight is 436 g/mol. The fourth-order valence-electron chi connectivity index (χ4n) is 3.71. The highest BCUT2D eigenvalue weighted by Gasteiger charge is 2.35. The Kier molecular flexibility index (Phi) is 5.22. The van der Waals surface area contributed by atoms with Crippen LogP contribution in [-0.4, -0.2) is 44.1 Å². The molecule has 1 aliphatic rings. The van der Waals surface area contributed by atoms with Crippen LogP contribution in [0.25, 0.3) is 11.3 Å². The second kappa shape index (κ2) is 7.55. The first-order chi connectivity index (χ1) is 13.8. The van der Waals surface area contributed by atoms with Crippen LogP contribution >= 0.6 is 11.3 Å². The third kappa shape index (κ3) is 3.70. The Balaban J connectivity index is 1.61. The molecule has 3 heterocycles. The standard InChI is InChI=1S/C20H22FN3O3S2/c1-13-12-18(27-22-13)19-14(2)28-15(3)20(19)29(25,26)24-10-8-23(9-11-24)17-6-4-16(21)5-7-17/h4-7,12H,8-11H2,1-3H3. The summed E-state index contributed by atoms with van der Waals surface area (Å²) in [7, 11) is -3.68. The minimum absolute atomic E-state index is 0.284. The molecule has 9 heteroatoms. The Morgan fingerprint density at radius 3 is 2.28 bits per heavy atom. The smallest absolute Gasteiger partial charge is 0.245 e. The Hall–Kier alpha value is -2.23. The minimum Gasteiger partial charge on any atom is -0.369 e. The lowest BCUT2D eigenvalue weighted by molar-refractivity contribution is 0.384. The van der Waals surface area contributed by atoms with Crippen molar-refractivity contribution in [2.75, 3.05) is 31.1 Å². The van der Waals surface area contributed by atoms with Gasteiger partial charge in [0.25, 0.3) is 0 Å². The molecule has 1 saturated heterocycles. The Labute approximate surface area is 173 Å². The number of thiophene rings is 1. The van der Waals surface area contributed by atoms with Crippen molar-refractivity contribution in [3.05, 3.63) is 51.6 Å². The van der Waals surface area contributed by atoms with E-state index < -0.39 is 10.0 Å². The van der Waals surface area contributed by atoms with E-state index in [1.165, 1.54) is 27.8 Å². The van der Waals surface area contributed by atoms with Crippen molar-refractivity contribution in [2.45, 2.75) is 25.7 Å². The zero-order valence-corrected chi connectivity index (χ0v) is 18.1. The predicted octanol–water partition coefficient (Wildman–Crippen LogP) is 3.98. The van der Waals surface area contributed by atoms with Crippen molar-refractivity contribution >= 4 is 27.0 Å². The quantitative estimate of drug-likeness (QED) is 0.620. The van der Waals surface area contributed by atoms with Crippen molar-refractivity contribution in [1.29, 1.82) is 0 Å². The van der Waals surface area contributed by atoms with Crippen LogP contribution in [0.15, 0.2) is 39.8 Å².